The van der Waals surface area contributed by atoms with E-state index in [1.54, 1.807) is 35.5 Å². The van der Waals surface area contributed by atoms with Crippen LogP contribution in [0.2, 0.25) is 0 Å². The van der Waals surface area contributed by atoms with Crippen LogP contribution < -0.4 is 4.74 Å². The summed E-state index contributed by atoms with van der Waals surface area (Å²) in [5, 5.41) is 15.5. The van der Waals surface area contributed by atoms with Crippen LogP contribution in [0.4, 0.5) is 13.2 Å². The minimum atomic E-state index is -4.82. The number of likely N-dealkylation sites (tertiary alicyclic amines) is 1. The molecule has 1 amide bonds. The molecule has 35 heavy (non-hydrogen) atoms. The molecule has 2 aromatic heterocycles. The molecule has 11 heteroatoms. The minimum absolute atomic E-state index is 0.184. The zero-order valence-electron chi connectivity index (χ0n) is 18.7. The van der Waals surface area contributed by atoms with Gasteiger partial charge in [0.1, 0.15) is 5.75 Å². The highest BCUT2D eigenvalue weighted by Crippen LogP contribution is 2.37. The Morgan fingerprint density at radius 1 is 1.11 bits per heavy atom. The Labute approximate surface area is 198 Å². The summed E-state index contributed by atoms with van der Waals surface area (Å²) in [5.41, 5.74) is 3.14. The van der Waals surface area contributed by atoms with Gasteiger partial charge in [-0.25, -0.2) is 0 Å². The second-order valence-electron chi connectivity index (χ2n) is 8.25. The zero-order valence-corrected chi connectivity index (χ0v) is 18.7. The number of hydrogen-bond donors (Lipinski definition) is 1. The molecule has 1 fully saturated rings. The number of nitrogens with one attached hydrogen (secondary N) is 1. The van der Waals surface area contributed by atoms with Gasteiger partial charge in [0.25, 0.3) is 5.91 Å². The number of nitrogens with zero attached hydrogens (tertiary/aromatic N) is 5. The fourth-order valence-electron chi connectivity index (χ4n) is 4.35. The van der Waals surface area contributed by atoms with Gasteiger partial charge in [-0.3, -0.25) is 9.89 Å². The molecule has 0 unspecified atom stereocenters. The van der Waals surface area contributed by atoms with E-state index in [-0.39, 0.29) is 23.3 Å². The average Bonchev–Trinajstić information content (AvgIpc) is 3.59. The molecule has 0 bridgehead atoms. The quantitative estimate of drug-likeness (QED) is 0.440. The van der Waals surface area contributed by atoms with Crippen molar-refractivity contribution in [2.45, 2.75) is 32.2 Å². The van der Waals surface area contributed by atoms with E-state index in [1.807, 2.05) is 19.1 Å². The molecule has 2 aromatic carbocycles. The number of halogens is 3. The van der Waals surface area contributed by atoms with Crippen LogP contribution in [0.5, 0.6) is 5.75 Å². The molecule has 0 radical (unpaired) electrons. The molecule has 5 rings (SSSR count). The fourth-order valence-corrected chi connectivity index (χ4v) is 4.35. The van der Waals surface area contributed by atoms with Gasteiger partial charge in [0.05, 0.1) is 41.1 Å². The van der Waals surface area contributed by atoms with E-state index in [0.29, 0.717) is 35.6 Å². The first-order valence-electron chi connectivity index (χ1n) is 11.0. The molecule has 3 heterocycles. The second kappa shape index (κ2) is 8.90. The number of H-pyrrole nitrogens is 1. The normalized spacial score (nSPS) is 16.0. The molecule has 4 aromatic rings. The summed E-state index contributed by atoms with van der Waals surface area (Å²) in [7, 11) is 0. The maximum absolute atomic E-state index is 13.6. The predicted octanol–water partition coefficient (Wildman–Crippen LogP) is 4.84. The molecule has 1 atom stereocenters. The number of alkyl halides is 3. The topological polar surface area (TPSA) is 88.9 Å². The third kappa shape index (κ3) is 4.61. The maximum atomic E-state index is 13.6. The number of para-hydroxylation sites is 1. The number of benzene rings is 2. The molecule has 1 saturated heterocycles. The molecule has 1 aliphatic heterocycles. The van der Waals surface area contributed by atoms with E-state index in [2.05, 4.69) is 25.1 Å². The van der Waals surface area contributed by atoms with Crippen molar-refractivity contribution >= 4 is 5.91 Å². The van der Waals surface area contributed by atoms with Crippen molar-refractivity contribution < 1.29 is 22.7 Å². The molecule has 180 valence electrons. The summed E-state index contributed by atoms with van der Waals surface area (Å²) in [6.45, 7) is 2.46. The molecule has 0 aliphatic carbocycles. The van der Waals surface area contributed by atoms with E-state index < -0.39 is 6.36 Å². The number of hydrogen-bond acceptors (Lipinski definition) is 5. The van der Waals surface area contributed by atoms with Crippen molar-refractivity contribution in [3.63, 3.8) is 0 Å². The first-order valence-corrected chi connectivity index (χ1v) is 11.0. The van der Waals surface area contributed by atoms with E-state index >= 15 is 0 Å². The van der Waals surface area contributed by atoms with E-state index in [9.17, 15) is 18.0 Å². The summed E-state index contributed by atoms with van der Waals surface area (Å²) >= 11 is 0. The summed E-state index contributed by atoms with van der Waals surface area (Å²) in [6.07, 6.45) is -0.266. The van der Waals surface area contributed by atoms with E-state index in [0.717, 1.165) is 12.0 Å². The van der Waals surface area contributed by atoms with Crippen molar-refractivity contribution in [3.8, 4) is 22.7 Å². The number of carbonyl (C=O) groups is 1. The number of rotatable bonds is 5. The van der Waals surface area contributed by atoms with Crippen molar-refractivity contribution in [1.29, 1.82) is 0 Å². The van der Waals surface area contributed by atoms with Crippen molar-refractivity contribution in [2.24, 2.45) is 0 Å². The highest BCUT2D eigenvalue weighted by molar-refractivity contribution is 5.98. The monoisotopic (exact) mass is 482 g/mol. The van der Waals surface area contributed by atoms with E-state index in [1.165, 1.54) is 23.0 Å². The van der Waals surface area contributed by atoms with Gasteiger partial charge >= 0.3 is 6.36 Å². The first-order chi connectivity index (χ1) is 16.8. The highest BCUT2D eigenvalue weighted by Gasteiger charge is 2.35. The van der Waals surface area contributed by atoms with Gasteiger partial charge in [-0.2, -0.15) is 20.1 Å². The van der Waals surface area contributed by atoms with Crippen LogP contribution in [0.25, 0.3) is 16.9 Å². The summed E-state index contributed by atoms with van der Waals surface area (Å²) in [4.78, 5) is 16.8. The number of aromatic amines is 1. The first kappa shape index (κ1) is 22.6. The van der Waals surface area contributed by atoms with Gasteiger partial charge in [-0.05, 0) is 55.7 Å². The summed E-state index contributed by atoms with van der Waals surface area (Å²) in [5.74, 6) is -0.523. The molecule has 8 nitrogen and oxygen atoms in total. The number of carbonyl (C=O) groups excluding carboxylic acids is 1. The lowest BCUT2D eigenvalue weighted by atomic mass is 10.1. The third-order valence-corrected chi connectivity index (χ3v) is 5.88. The maximum Gasteiger partial charge on any atom is 0.573 e. The Morgan fingerprint density at radius 2 is 1.89 bits per heavy atom. The summed E-state index contributed by atoms with van der Waals surface area (Å²) in [6, 6.07) is 12.7. The molecule has 1 aliphatic rings. The smallest absolute Gasteiger partial charge is 0.405 e. The Bertz CT molecular complexity index is 1350. The lowest BCUT2D eigenvalue weighted by molar-refractivity contribution is -0.274. The zero-order chi connectivity index (χ0) is 24.6. The van der Waals surface area contributed by atoms with Gasteiger partial charge in [0.15, 0.2) is 0 Å². The van der Waals surface area contributed by atoms with E-state index in [4.69, 9.17) is 0 Å². The van der Waals surface area contributed by atoms with Gasteiger partial charge in [0.2, 0.25) is 0 Å². The van der Waals surface area contributed by atoms with Crippen molar-refractivity contribution in [1.82, 2.24) is 30.1 Å². The lowest BCUT2D eigenvalue weighted by Gasteiger charge is -2.24. The van der Waals surface area contributed by atoms with Gasteiger partial charge < -0.3 is 9.64 Å². The van der Waals surface area contributed by atoms with Crippen LogP contribution >= 0.6 is 0 Å². The Hall–Kier alpha value is -4.15. The SMILES string of the molecule is Cc1ccc(C(=O)N2CCC[C@H]2c2cc(-c3ccccc3OC(F)(F)F)n[nH]2)c(-n2nccn2)c1. The van der Waals surface area contributed by atoms with Crippen LogP contribution in [0.1, 0.15) is 40.5 Å². The highest BCUT2D eigenvalue weighted by atomic mass is 19.4. The number of aryl methyl sites for hydroxylation is 1. The summed E-state index contributed by atoms with van der Waals surface area (Å²) < 4.78 is 42.7. The Kier molecular flexibility index (Phi) is 5.75. The lowest BCUT2D eigenvalue weighted by Crippen LogP contribution is -2.31. The molecule has 0 spiro atoms. The number of aromatic nitrogens is 5. The molecular weight excluding hydrogens is 461 g/mol. The van der Waals surface area contributed by atoms with Crippen LogP contribution in [0, 0.1) is 6.92 Å². The minimum Gasteiger partial charge on any atom is -0.405 e. The predicted molar refractivity (Wildman–Crippen MR) is 120 cm³/mol. The van der Waals surface area contributed by atoms with Crippen LogP contribution in [0.15, 0.2) is 60.9 Å². The fraction of sp³-hybridized carbons (Fsp3) is 0.250. The molecule has 0 saturated carbocycles. The number of ether oxygens (including phenoxy) is 1. The van der Waals surface area contributed by atoms with Crippen molar-refractivity contribution in [2.75, 3.05) is 6.54 Å². The van der Waals surface area contributed by atoms with Crippen LogP contribution in [-0.2, 0) is 0 Å². The largest absolute Gasteiger partial charge is 0.573 e. The van der Waals surface area contributed by atoms with Crippen molar-refractivity contribution in [3.05, 3.63) is 77.7 Å². The third-order valence-electron chi connectivity index (χ3n) is 5.88. The average molecular weight is 482 g/mol. The molecule has 1 N–H and O–H groups in total. The standard InChI is InChI=1S/C24H21F3N6O2/c1-15-8-9-17(21(13-15)33-28-10-11-29-33)23(34)32-12-4-6-20(32)19-14-18(30-31-19)16-5-2-3-7-22(16)35-24(25,26)27/h2-3,5,7-11,13-14,20H,4,6,12H2,1H3,(H,30,31)/t20-/m0/s1. The van der Waals surface area contributed by atoms with Gasteiger partial charge in [-0.1, -0.05) is 18.2 Å². The molecular formula is C24H21F3N6O2. The van der Waals surface area contributed by atoms with Crippen LogP contribution in [-0.4, -0.2) is 48.9 Å². The van der Waals surface area contributed by atoms with Crippen LogP contribution in [0.3, 0.4) is 0 Å². The number of amides is 1. The van der Waals surface area contributed by atoms with Gasteiger partial charge in [-0.15, -0.1) is 13.2 Å². The van der Waals surface area contributed by atoms with Gasteiger partial charge in [0, 0.05) is 12.1 Å². The Morgan fingerprint density at radius 3 is 2.66 bits per heavy atom. The Balaban J connectivity index is 1.45. The second-order valence-corrected chi connectivity index (χ2v) is 8.25.